The number of nitro benzene ring substituents is 1. The molecule has 3 rings (SSSR count). The normalized spacial score (nSPS) is 11.2. The van der Waals surface area contributed by atoms with E-state index in [1.807, 2.05) is 30.3 Å². The number of ether oxygens (including phenoxy) is 1. The molecule has 7 nitrogen and oxygen atoms in total. The molecular formula is C20H15N3O4. The van der Waals surface area contributed by atoms with Crippen LogP contribution in [0.25, 0.3) is 28.2 Å². The summed E-state index contributed by atoms with van der Waals surface area (Å²) in [6.07, 6.45) is 1.48. The van der Waals surface area contributed by atoms with Gasteiger partial charge in [0.1, 0.15) is 11.6 Å². The predicted molar refractivity (Wildman–Crippen MR) is 101 cm³/mol. The average Bonchev–Trinajstić information content (AvgIpc) is 3.04. The van der Waals surface area contributed by atoms with E-state index in [2.05, 4.69) is 4.98 Å². The first-order chi connectivity index (χ1) is 13.0. The summed E-state index contributed by atoms with van der Waals surface area (Å²) in [4.78, 5) is 25.7. The summed E-state index contributed by atoms with van der Waals surface area (Å²) in [5.41, 5.74) is 2.68. The van der Waals surface area contributed by atoms with Crippen molar-refractivity contribution in [3.63, 3.8) is 0 Å². The molecule has 0 fully saturated rings. The minimum absolute atomic E-state index is 0.0174. The van der Waals surface area contributed by atoms with Gasteiger partial charge in [-0.05, 0) is 36.8 Å². The number of carbonyl (C=O) groups is 1. The molecule has 3 aromatic rings. The topological polar surface area (TPSA) is 109 Å². The van der Waals surface area contributed by atoms with Crippen LogP contribution in [-0.4, -0.2) is 22.5 Å². The van der Waals surface area contributed by atoms with Crippen molar-refractivity contribution in [2.75, 3.05) is 6.61 Å². The fraction of sp³-hybridized carbons (Fsp3) is 0.100. The Kier molecular flexibility index (Phi) is 4.99. The first kappa shape index (κ1) is 17.9. The number of H-pyrrole nitrogens is 1. The van der Waals surface area contributed by atoms with Gasteiger partial charge in [-0.15, -0.1) is 0 Å². The summed E-state index contributed by atoms with van der Waals surface area (Å²) < 4.78 is 4.93. The van der Waals surface area contributed by atoms with Gasteiger partial charge in [0, 0.05) is 28.6 Å². The van der Waals surface area contributed by atoms with Crippen LogP contribution in [-0.2, 0) is 9.53 Å². The molecule has 0 saturated carbocycles. The Bertz CT molecular complexity index is 1090. The molecule has 7 heteroatoms. The monoisotopic (exact) mass is 361 g/mol. The van der Waals surface area contributed by atoms with Gasteiger partial charge in [-0.25, -0.2) is 4.79 Å². The largest absolute Gasteiger partial charge is 0.462 e. The van der Waals surface area contributed by atoms with E-state index < -0.39 is 10.9 Å². The molecule has 1 N–H and O–H groups in total. The van der Waals surface area contributed by atoms with Crippen LogP contribution in [0.1, 0.15) is 12.5 Å². The van der Waals surface area contributed by atoms with Gasteiger partial charge in [0.05, 0.1) is 17.2 Å². The molecule has 0 radical (unpaired) electrons. The van der Waals surface area contributed by atoms with E-state index in [1.165, 1.54) is 18.2 Å². The van der Waals surface area contributed by atoms with Crippen LogP contribution in [0.15, 0.2) is 54.1 Å². The number of carbonyl (C=O) groups excluding carboxylic acids is 1. The molecule has 2 aromatic carbocycles. The quantitative estimate of drug-likeness (QED) is 0.241. The van der Waals surface area contributed by atoms with Crippen LogP contribution in [0.4, 0.5) is 5.69 Å². The van der Waals surface area contributed by atoms with E-state index in [-0.39, 0.29) is 17.9 Å². The molecule has 0 bridgehead atoms. The van der Waals surface area contributed by atoms with Crippen LogP contribution in [0.3, 0.4) is 0 Å². The summed E-state index contributed by atoms with van der Waals surface area (Å²) in [5, 5.41) is 21.0. The van der Waals surface area contributed by atoms with E-state index in [4.69, 9.17) is 4.74 Å². The highest BCUT2D eigenvalue weighted by Crippen LogP contribution is 2.33. The lowest BCUT2D eigenvalue weighted by atomic mass is 10.0. The Morgan fingerprint density at radius 1 is 1.26 bits per heavy atom. The minimum atomic E-state index is -0.695. The second-order valence-electron chi connectivity index (χ2n) is 5.65. The van der Waals surface area contributed by atoms with E-state index in [9.17, 15) is 20.2 Å². The molecule has 134 valence electrons. The number of benzene rings is 2. The maximum Gasteiger partial charge on any atom is 0.348 e. The van der Waals surface area contributed by atoms with E-state index in [0.717, 1.165) is 10.9 Å². The van der Waals surface area contributed by atoms with Crippen molar-refractivity contribution < 1.29 is 14.5 Å². The van der Waals surface area contributed by atoms with Crippen molar-refractivity contribution in [2.45, 2.75) is 6.92 Å². The second-order valence-corrected chi connectivity index (χ2v) is 5.65. The number of nitrogens with one attached hydrogen (secondary N) is 1. The number of non-ortho nitro benzene ring substituents is 1. The number of aromatic amines is 1. The predicted octanol–water partition coefficient (Wildman–Crippen LogP) is 4.21. The van der Waals surface area contributed by atoms with E-state index in [0.29, 0.717) is 16.8 Å². The molecule has 0 spiro atoms. The number of fused-ring (bicyclic) bond motifs is 1. The number of nitriles is 1. The number of rotatable bonds is 5. The highest BCUT2D eigenvalue weighted by atomic mass is 16.6. The molecule has 0 unspecified atom stereocenters. The number of para-hydroxylation sites is 1. The van der Waals surface area contributed by atoms with Gasteiger partial charge in [-0.1, -0.05) is 18.2 Å². The van der Waals surface area contributed by atoms with Gasteiger partial charge < -0.3 is 9.72 Å². The van der Waals surface area contributed by atoms with Crippen molar-refractivity contribution in [2.24, 2.45) is 0 Å². The Hall–Kier alpha value is -3.92. The van der Waals surface area contributed by atoms with Gasteiger partial charge in [-0.2, -0.15) is 5.26 Å². The number of nitrogens with zero attached hydrogens (tertiary/aromatic N) is 2. The fourth-order valence-electron chi connectivity index (χ4n) is 2.78. The van der Waals surface area contributed by atoms with Crippen molar-refractivity contribution in [1.82, 2.24) is 4.98 Å². The number of hydrogen-bond donors (Lipinski definition) is 1. The van der Waals surface area contributed by atoms with Crippen LogP contribution in [0.5, 0.6) is 0 Å². The van der Waals surface area contributed by atoms with Crippen molar-refractivity contribution in [1.29, 1.82) is 5.26 Å². The zero-order valence-corrected chi connectivity index (χ0v) is 14.4. The molecule has 1 aromatic heterocycles. The van der Waals surface area contributed by atoms with Crippen molar-refractivity contribution in [3.05, 3.63) is 69.8 Å². The SMILES string of the molecule is CCOC(=O)/C(C#N)=C\c1c(-c2ccc([N+](=O)[O-])cc2)[nH]c2ccccc12. The first-order valence-corrected chi connectivity index (χ1v) is 8.19. The number of hydrogen-bond acceptors (Lipinski definition) is 5. The Labute approximate surface area is 154 Å². The summed E-state index contributed by atoms with van der Waals surface area (Å²) in [6, 6.07) is 15.4. The Morgan fingerprint density at radius 2 is 1.96 bits per heavy atom. The summed E-state index contributed by atoms with van der Waals surface area (Å²) in [7, 11) is 0. The van der Waals surface area contributed by atoms with Crippen molar-refractivity contribution >= 4 is 28.6 Å². The van der Waals surface area contributed by atoms with Crippen molar-refractivity contribution in [3.8, 4) is 17.3 Å². The number of esters is 1. The molecule has 27 heavy (non-hydrogen) atoms. The Balaban J connectivity index is 2.19. The average molecular weight is 361 g/mol. The van der Waals surface area contributed by atoms with Crippen LogP contribution < -0.4 is 0 Å². The standard InChI is InChI=1S/C20H15N3O4/c1-2-27-20(24)14(12-21)11-17-16-5-3-4-6-18(16)22-19(17)13-7-9-15(10-8-13)23(25)26/h3-11,22H,2H2,1H3/b14-11-. The highest BCUT2D eigenvalue weighted by molar-refractivity contribution is 6.04. The van der Waals surface area contributed by atoms with Gasteiger partial charge in [0.15, 0.2) is 0 Å². The lowest BCUT2D eigenvalue weighted by molar-refractivity contribution is -0.384. The smallest absolute Gasteiger partial charge is 0.348 e. The van der Waals surface area contributed by atoms with Gasteiger partial charge in [0.25, 0.3) is 5.69 Å². The number of nitro groups is 1. The summed E-state index contributed by atoms with van der Waals surface area (Å²) in [6.45, 7) is 1.84. The molecule has 0 atom stereocenters. The number of aromatic nitrogens is 1. The maximum atomic E-state index is 12.0. The molecule has 0 amide bonds. The van der Waals surface area contributed by atoms with Gasteiger partial charge >= 0.3 is 5.97 Å². The summed E-state index contributed by atoms with van der Waals surface area (Å²) >= 11 is 0. The molecule has 0 aliphatic carbocycles. The van der Waals surface area contributed by atoms with Crippen LogP contribution >= 0.6 is 0 Å². The van der Waals surface area contributed by atoms with Crippen LogP contribution in [0, 0.1) is 21.4 Å². The summed E-state index contributed by atoms with van der Waals surface area (Å²) in [5.74, 6) is -0.695. The van der Waals surface area contributed by atoms with Crippen LogP contribution in [0.2, 0.25) is 0 Å². The lowest BCUT2D eigenvalue weighted by Gasteiger charge is -2.03. The zero-order valence-electron chi connectivity index (χ0n) is 14.4. The molecular weight excluding hydrogens is 346 g/mol. The molecule has 0 aliphatic rings. The van der Waals surface area contributed by atoms with E-state index in [1.54, 1.807) is 19.1 Å². The first-order valence-electron chi connectivity index (χ1n) is 8.19. The highest BCUT2D eigenvalue weighted by Gasteiger charge is 2.16. The molecule has 0 saturated heterocycles. The third kappa shape index (κ3) is 3.55. The second kappa shape index (κ2) is 7.54. The molecule has 0 aliphatic heterocycles. The third-order valence-corrected chi connectivity index (χ3v) is 4.02. The molecule has 1 heterocycles. The third-order valence-electron chi connectivity index (χ3n) is 4.02. The lowest BCUT2D eigenvalue weighted by Crippen LogP contribution is -2.06. The minimum Gasteiger partial charge on any atom is -0.462 e. The van der Waals surface area contributed by atoms with Gasteiger partial charge in [0.2, 0.25) is 0 Å². The zero-order chi connectivity index (χ0) is 19.4. The maximum absolute atomic E-state index is 12.0. The fourth-order valence-corrected chi connectivity index (χ4v) is 2.78. The van der Waals surface area contributed by atoms with Gasteiger partial charge in [-0.3, -0.25) is 10.1 Å². The Morgan fingerprint density at radius 3 is 2.59 bits per heavy atom. The van der Waals surface area contributed by atoms with E-state index >= 15 is 0 Å².